The van der Waals surface area contributed by atoms with Gasteiger partial charge in [0.2, 0.25) is 11.8 Å². The molecule has 3 amide bonds. The summed E-state index contributed by atoms with van der Waals surface area (Å²) in [6, 6.07) is 10.5. The Morgan fingerprint density at radius 2 is 1.80 bits per heavy atom. The molecular weight excluding hydrogens is 384 g/mol. The van der Waals surface area contributed by atoms with Crippen molar-refractivity contribution in [1.29, 1.82) is 0 Å². The molecule has 1 aliphatic rings. The molecule has 3 aromatic rings. The Bertz CT molecular complexity index is 1050. The monoisotopic (exact) mass is 408 g/mol. The Morgan fingerprint density at radius 3 is 2.50 bits per heavy atom. The van der Waals surface area contributed by atoms with E-state index in [0.29, 0.717) is 38.4 Å². The molecule has 8 nitrogen and oxygen atoms in total. The summed E-state index contributed by atoms with van der Waals surface area (Å²) in [6.45, 7) is 3.08. The number of piperazine rings is 1. The Hall–Kier alpha value is -3.55. The second-order valence-electron chi connectivity index (χ2n) is 7.41. The Balaban J connectivity index is 1.44. The van der Waals surface area contributed by atoms with Crippen LogP contribution in [-0.4, -0.2) is 64.7 Å². The molecule has 8 heteroatoms. The standard InChI is InChI=1S/C22H24N4O4/c1-15(27)24-19(13-16-14-23-18-6-3-2-5-17(16)18)21(28)25-8-10-26(11-9-25)22(29)20-7-4-12-30-20/h2-7,12,14,19,23H,8-11,13H2,1H3,(H,24,27). The highest BCUT2D eigenvalue weighted by atomic mass is 16.3. The number of H-pyrrole nitrogens is 1. The average Bonchev–Trinajstić information content (AvgIpc) is 3.43. The van der Waals surface area contributed by atoms with Gasteiger partial charge in [-0.15, -0.1) is 0 Å². The van der Waals surface area contributed by atoms with Crippen molar-refractivity contribution in [1.82, 2.24) is 20.1 Å². The number of nitrogens with zero attached hydrogens (tertiary/aromatic N) is 2. The maximum Gasteiger partial charge on any atom is 0.289 e. The summed E-state index contributed by atoms with van der Waals surface area (Å²) in [5, 5.41) is 3.83. The number of carbonyl (C=O) groups is 3. The van der Waals surface area contributed by atoms with Crippen molar-refractivity contribution in [2.45, 2.75) is 19.4 Å². The van der Waals surface area contributed by atoms with E-state index < -0.39 is 6.04 Å². The molecule has 1 fully saturated rings. The molecule has 0 bridgehead atoms. The molecule has 1 atom stereocenters. The van der Waals surface area contributed by atoms with Crippen molar-refractivity contribution in [2.75, 3.05) is 26.2 Å². The molecule has 2 aromatic heterocycles. The lowest BCUT2D eigenvalue weighted by Crippen LogP contribution is -2.56. The lowest BCUT2D eigenvalue weighted by atomic mass is 10.0. The number of benzene rings is 1. The quantitative estimate of drug-likeness (QED) is 0.672. The molecule has 156 valence electrons. The van der Waals surface area contributed by atoms with E-state index >= 15 is 0 Å². The average molecular weight is 408 g/mol. The number of hydrogen-bond donors (Lipinski definition) is 2. The number of aromatic nitrogens is 1. The van der Waals surface area contributed by atoms with Crippen LogP contribution in [0.1, 0.15) is 23.0 Å². The first-order valence-electron chi connectivity index (χ1n) is 9.96. The van der Waals surface area contributed by atoms with E-state index in [1.165, 1.54) is 13.2 Å². The number of nitrogens with one attached hydrogen (secondary N) is 2. The highest BCUT2D eigenvalue weighted by Crippen LogP contribution is 2.20. The second-order valence-corrected chi connectivity index (χ2v) is 7.41. The Morgan fingerprint density at radius 1 is 1.07 bits per heavy atom. The third kappa shape index (κ3) is 4.07. The number of furan rings is 1. The van der Waals surface area contributed by atoms with E-state index in [9.17, 15) is 14.4 Å². The van der Waals surface area contributed by atoms with Crippen LogP contribution in [0.2, 0.25) is 0 Å². The lowest BCUT2D eigenvalue weighted by Gasteiger charge is -2.36. The summed E-state index contributed by atoms with van der Waals surface area (Å²) >= 11 is 0. The maximum absolute atomic E-state index is 13.2. The fraction of sp³-hybridized carbons (Fsp3) is 0.318. The zero-order chi connectivity index (χ0) is 21.1. The van der Waals surface area contributed by atoms with Gasteiger partial charge in [0.1, 0.15) is 6.04 Å². The number of aromatic amines is 1. The van der Waals surface area contributed by atoms with Gasteiger partial charge in [0.25, 0.3) is 5.91 Å². The molecular formula is C22H24N4O4. The van der Waals surface area contributed by atoms with E-state index in [1.54, 1.807) is 21.9 Å². The van der Waals surface area contributed by atoms with Gasteiger partial charge in [0.05, 0.1) is 6.26 Å². The number of rotatable bonds is 5. The van der Waals surface area contributed by atoms with Crippen LogP contribution in [-0.2, 0) is 16.0 Å². The summed E-state index contributed by atoms with van der Waals surface area (Å²) < 4.78 is 5.18. The van der Waals surface area contributed by atoms with Crippen molar-refractivity contribution >= 4 is 28.6 Å². The molecule has 0 saturated carbocycles. The Labute approximate surface area is 173 Å². The smallest absolute Gasteiger partial charge is 0.289 e. The van der Waals surface area contributed by atoms with Crippen LogP contribution in [0.25, 0.3) is 10.9 Å². The topological polar surface area (TPSA) is 98.6 Å². The zero-order valence-corrected chi connectivity index (χ0v) is 16.8. The van der Waals surface area contributed by atoms with Crippen LogP contribution in [0, 0.1) is 0 Å². The molecule has 3 heterocycles. The van der Waals surface area contributed by atoms with E-state index in [2.05, 4.69) is 10.3 Å². The predicted molar refractivity (Wildman–Crippen MR) is 111 cm³/mol. The molecule has 0 aliphatic carbocycles. The van der Waals surface area contributed by atoms with Gasteiger partial charge < -0.3 is 24.5 Å². The van der Waals surface area contributed by atoms with Crippen LogP contribution in [0.4, 0.5) is 0 Å². The van der Waals surface area contributed by atoms with Crippen LogP contribution >= 0.6 is 0 Å². The molecule has 4 rings (SSSR count). The molecule has 1 saturated heterocycles. The molecule has 1 unspecified atom stereocenters. The van der Waals surface area contributed by atoms with E-state index in [-0.39, 0.29) is 17.7 Å². The maximum atomic E-state index is 13.2. The van der Waals surface area contributed by atoms with E-state index in [1.807, 2.05) is 30.5 Å². The van der Waals surface area contributed by atoms with Gasteiger partial charge in [-0.05, 0) is 23.8 Å². The first-order valence-corrected chi connectivity index (χ1v) is 9.96. The van der Waals surface area contributed by atoms with E-state index in [4.69, 9.17) is 4.42 Å². The Kier molecular flexibility index (Phi) is 5.56. The SMILES string of the molecule is CC(=O)NC(Cc1c[nH]c2ccccc12)C(=O)N1CCN(C(=O)c2ccco2)CC1. The third-order valence-electron chi connectivity index (χ3n) is 5.39. The summed E-state index contributed by atoms with van der Waals surface area (Å²) in [4.78, 5) is 43.9. The number of amides is 3. The molecule has 30 heavy (non-hydrogen) atoms. The van der Waals surface area contributed by atoms with Crippen molar-refractivity contribution in [3.8, 4) is 0 Å². The van der Waals surface area contributed by atoms with Crippen LogP contribution in [0.3, 0.4) is 0 Å². The van der Waals surface area contributed by atoms with Gasteiger partial charge in [0, 0.05) is 56.6 Å². The molecule has 0 spiro atoms. The van der Waals surface area contributed by atoms with Crippen LogP contribution in [0.15, 0.2) is 53.3 Å². The number of hydrogen-bond acceptors (Lipinski definition) is 4. The van der Waals surface area contributed by atoms with Gasteiger partial charge in [-0.25, -0.2) is 0 Å². The zero-order valence-electron chi connectivity index (χ0n) is 16.8. The minimum Gasteiger partial charge on any atom is -0.459 e. The van der Waals surface area contributed by atoms with Crippen molar-refractivity contribution in [3.05, 3.63) is 60.2 Å². The largest absolute Gasteiger partial charge is 0.459 e. The number of para-hydroxylation sites is 1. The van der Waals surface area contributed by atoms with Gasteiger partial charge in [0.15, 0.2) is 5.76 Å². The molecule has 2 N–H and O–H groups in total. The highest BCUT2D eigenvalue weighted by Gasteiger charge is 2.30. The minimum absolute atomic E-state index is 0.138. The highest BCUT2D eigenvalue weighted by molar-refractivity contribution is 5.92. The van der Waals surface area contributed by atoms with E-state index in [0.717, 1.165) is 16.5 Å². The van der Waals surface area contributed by atoms with Gasteiger partial charge in [-0.2, -0.15) is 0 Å². The van der Waals surface area contributed by atoms with Crippen molar-refractivity contribution in [2.24, 2.45) is 0 Å². The normalized spacial score (nSPS) is 15.2. The number of carbonyl (C=O) groups excluding carboxylic acids is 3. The summed E-state index contributed by atoms with van der Waals surface area (Å²) in [5.41, 5.74) is 1.97. The lowest BCUT2D eigenvalue weighted by molar-refractivity contribution is -0.137. The number of fused-ring (bicyclic) bond motifs is 1. The second kappa shape index (κ2) is 8.44. The van der Waals surface area contributed by atoms with Gasteiger partial charge in [-0.3, -0.25) is 14.4 Å². The van der Waals surface area contributed by atoms with Crippen molar-refractivity contribution in [3.63, 3.8) is 0 Å². The summed E-state index contributed by atoms with van der Waals surface area (Å²) in [7, 11) is 0. The third-order valence-corrected chi connectivity index (χ3v) is 5.39. The first kappa shape index (κ1) is 19.8. The minimum atomic E-state index is -0.658. The fourth-order valence-corrected chi connectivity index (χ4v) is 3.87. The predicted octanol–water partition coefficient (Wildman–Crippen LogP) is 1.79. The molecule has 1 aromatic carbocycles. The van der Waals surface area contributed by atoms with Crippen molar-refractivity contribution < 1.29 is 18.8 Å². The van der Waals surface area contributed by atoms with Crippen LogP contribution < -0.4 is 5.32 Å². The molecule has 1 aliphatic heterocycles. The fourth-order valence-electron chi connectivity index (χ4n) is 3.87. The van der Waals surface area contributed by atoms with Crippen LogP contribution in [0.5, 0.6) is 0 Å². The summed E-state index contributed by atoms with van der Waals surface area (Å²) in [5.74, 6) is -0.269. The van der Waals surface area contributed by atoms with Gasteiger partial charge >= 0.3 is 0 Å². The summed E-state index contributed by atoms with van der Waals surface area (Å²) in [6.07, 6.45) is 3.75. The first-order chi connectivity index (χ1) is 14.5. The molecule has 0 radical (unpaired) electrons. The van der Waals surface area contributed by atoms with Gasteiger partial charge in [-0.1, -0.05) is 18.2 Å².